The smallest absolute Gasteiger partial charge is 0.0991 e. The van der Waals surface area contributed by atoms with Gasteiger partial charge < -0.3 is 5.11 Å². The minimum Gasteiger partial charge on any atom is -0.388 e. The van der Waals surface area contributed by atoms with Gasteiger partial charge in [0.05, 0.1) is 17.7 Å². The number of hydrogen-bond donors (Lipinski definition) is 1. The first-order valence-corrected chi connectivity index (χ1v) is 6.91. The lowest BCUT2D eigenvalue weighted by molar-refractivity contribution is 0.134. The average Bonchev–Trinajstić information content (AvgIpc) is 2.53. The molecular weight excluding hydrogens is 248 g/mol. The number of benzene rings is 1. The molecule has 2 aromatic rings. The second-order valence-corrected chi connectivity index (χ2v) is 5.23. The van der Waals surface area contributed by atoms with E-state index in [1.54, 1.807) is 18.3 Å². The third kappa shape index (κ3) is 2.31. The van der Waals surface area contributed by atoms with Crippen molar-refractivity contribution in [2.75, 3.05) is 0 Å². The van der Waals surface area contributed by atoms with Crippen LogP contribution < -0.4 is 0 Å². The molecular formula is C17H16N2O. The number of nitriles is 1. The predicted molar refractivity (Wildman–Crippen MR) is 76.0 cm³/mol. The van der Waals surface area contributed by atoms with Crippen molar-refractivity contribution in [1.29, 1.82) is 5.26 Å². The molecule has 100 valence electrons. The molecule has 0 bridgehead atoms. The Balaban J connectivity index is 1.95. The van der Waals surface area contributed by atoms with Crippen molar-refractivity contribution in [3.8, 4) is 6.07 Å². The minimum atomic E-state index is -0.600. The maximum atomic E-state index is 10.7. The number of nitrogens with zero attached hydrogens (tertiary/aromatic N) is 2. The monoisotopic (exact) mass is 264 g/mol. The summed E-state index contributed by atoms with van der Waals surface area (Å²) >= 11 is 0. The fourth-order valence-corrected chi connectivity index (χ4v) is 2.98. The Bertz CT molecular complexity index is 660. The van der Waals surface area contributed by atoms with Gasteiger partial charge in [0.2, 0.25) is 0 Å². The van der Waals surface area contributed by atoms with Crippen molar-refractivity contribution in [2.45, 2.75) is 31.3 Å². The zero-order chi connectivity index (χ0) is 13.9. The van der Waals surface area contributed by atoms with E-state index in [1.165, 1.54) is 5.56 Å². The summed E-state index contributed by atoms with van der Waals surface area (Å²) < 4.78 is 0. The summed E-state index contributed by atoms with van der Waals surface area (Å²) in [5.74, 6) is 0.0221. The highest BCUT2D eigenvalue weighted by atomic mass is 16.3. The Morgan fingerprint density at radius 3 is 3.05 bits per heavy atom. The topological polar surface area (TPSA) is 56.9 Å². The van der Waals surface area contributed by atoms with Crippen LogP contribution in [0.1, 0.15) is 47.2 Å². The van der Waals surface area contributed by atoms with Crippen molar-refractivity contribution in [2.24, 2.45) is 0 Å². The van der Waals surface area contributed by atoms with Gasteiger partial charge in [0.15, 0.2) is 0 Å². The van der Waals surface area contributed by atoms with E-state index in [0.717, 1.165) is 30.5 Å². The lowest BCUT2D eigenvalue weighted by atomic mass is 9.81. The van der Waals surface area contributed by atoms with E-state index in [-0.39, 0.29) is 5.92 Å². The summed E-state index contributed by atoms with van der Waals surface area (Å²) in [4.78, 5) is 4.46. The standard InChI is InChI=1S/C17H16N2O/c18-11-12-4-1-6-14(10-12)17(20)15-8-2-5-13-7-3-9-19-16(13)15/h1,3-4,6-7,9-10,15,17,20H,2,5,8H2. The molecule has 1 aliphatic rings. The quantitative estimate of drug-likeness (QED) is 0.906. The molecule has 20 heavy (non-hydrogen) atoms. The highest BCUT2D eigenvalue weighted by molar-refractivity contribution is 5.36. The molecule has 1 N–H and O–H groups in total. The number of pyridine rings is 1. The molecule has 3 heteroatoms. The highest BCUT2D eigenvalue weighted by Gasteiger charge is 2.28. The van der Waals surface area contributed by atoms with Crippen LogP contribution in [-0.2, 0) is 6.42 Å². The van der Waals surface area contributed by atoms with Crippen molar-refractivity contribution < 1.29 is 5.11 Å². The van der Waals surface area contributed by atoms with Crippen LogP contribution in [-0.4, -0.2) is 10.1 Å². The molecule has 0 amide bonds. The molecule has 0 fully saturated rings. The number of fused-ring (bicyclic) bond motifs is 1. The average molecular weight is 264 g/mol. The van der Waals surface area contributed by atoms with Crippen LogP contribution in [0.5, 0.6) is 0 Å². The van der Waals surface area contributed by atoms with E-state index >= 15 is 0 Å². The van der Waals surface area contributed by atoms with Gasteiger partial charge in [0, 0.05) is 17.8 Å². The van der Waals surface area contributed by atoms with Crippen LogP contribution in [0, 0.1) is 11.3 Å². The van der Waals surface area contributed by atoms with Crippen LogP contribution in [0.4, 0.5) is 0 Å². The Hall–Kier alpha value is -2.18. The number of aryl methyl sites for hydroxylation is 1. The zero-order valence-corrected chi connectivity index (χ0v) is 11.2. The largest absolute Gasteiger partial charge is 0.388 e. The summed E-state index contributed by atoms with van der Waals surface area (Å²) in [5.41, 5.74) is 3.62. The molecule has 1 heterocycles. The maximum absolute atomic E-state index is 10.7. The van der Waals surface area contributed by atoms with Crippen LogP contribution in [0.3, 0.4) is 0 Å². The Morgan fingerprint density at radius 2 is 2.20 bits per heavy atom. The third-order valence-corrected chi connectivity index (χ3v) is 3.98. The molecule has 0 saturated carbocycles. The van der Waals surface area contributed by atoms with Crippen LogP contribution in [0.15, 0.2) is 42.6 Å². The summed E-state index contributed by atoms with van der Waals surface area (Å²) in [6.45, 7) is 0. The van der Waals surface area contributed by atoms with E-state index in [0.29, 0.717) is 5.56 Å². The van der Waals surface area contributed by atoms with E-state index in [1.807, 2.05) is 18.2 Å². The van der Waals surface area contributed by atoms with Gasteiger partial charge in [0.25, 0.3) is 0 Å². The van der Waals surface area contributed by atoms with Gasteiger partial charge in [-0.25, -0.2) is 0 Å². The Kier molecular flexibility index (Phi) is 3.49. The molecule has 0 spiro atoms. The summed E-state index contributed by atoms with van der Waals surface area (Å²) in [5, 5.41) is 19.6. The number of aromatic nitrogens is 1. The van der Waals surface area contributed by atoms with Gasteiger partial charge in [-0.3, -0.25) is 4.98 Å². The van der Waals surface area contributed by atoms with Crippen molar-refractivity contribution in [1.82, 2.24) is 4.98 Å². The van der Waals surface area contributed by atoms with Gasteiger partial charge in [0.1, 0.15) is 0 Å². The van der Waals surface area contributed by atoms with Gasteiger partial charge in [-0.15, -0.1) is 0 Å². The molecule has 1 aromatic carbocycles. The van der Waals surface area contributed by atoms with E-state index < -0.39 is 6.10 Å². The molecule has 0 saturated heterocycles. The van der Waals surface area contributed by atoms with Crippen molar-refractivity contribution >= 4 is 0 Å². The number of hydrogen-bond acceptors (Lipinski definition) is 3. The van der Waals surface area contributed by atoms with Crippen molar-refractivity contribution in [3.05, 3.63) is 65.0 Å². The Morgan fingerprint density at radius 1 is 1.30 bits per heavy atom. The first-order chi connectivity index (χ1) is 9.79. The normalized spacial score (nSPS) is 18.9. The second kappa shape index (κ2) is 5.44. The molecule has 3 rings (SSSR count). The van der Waals surface area contributed by atoms with Gasteiger partial charge in [-0.1, -0.05) is 18.2 Å². The molecule has 1 aliphatic carbocycles. The lowest BCUT2D eigenvalue weighted by Gasteiger charge is -2.28. The van der Waals surface area contributed by atoms with Crippen LogP contribution in [0.2, 0.25) is 0 Å². The zero-order valence-electron chi connectivity index (χ0n) is 11.2. The molecule has 2 atom stereocenters. The molecule has 1 aromatic heterocycles. The van der Waals surface area contributed by atoms with Gasteiger partial charge in [-0.2, -0.15) is 5.26 Å². The lowest BCUT2D eigenvalue weighted by Crippen LogP contribution is -2.18. The molecule has 2 unspecified atom stereocenters. The minimum absolute atomic E-state index is 0.0221. The maximum Gasteiger partial charge on any atom is 0.0991 e. The van der Waals surface area contributed by atoms with Crippen LogP contribution in [0.25, 0.3) is 0 Å². The first-order valence-electron chi connectivity index (χ1n) is 6.91. The summed E-state index contributed by atoms with van der Waals surface area (Å²) in [6, 6.07) is 13.4. The van der Waals surface area contributed by atoms with E-state index in [9.17, 15) is 5.11 Å². The first kappa shape index (κ1) is 12.8. The number of aliphatic hydroxyl groups is 1. The molecule has 0 radical (unpaired) electrons. The third-order valence-electron chi connectivity index (χ3n) is 3.98. The fourth-order valence-electron chi connectivity index (χ4n) is 2.98. The van der Waals surface area contributed by atoms with E-state index in [2.05, 4.69) is 17.1 Å². The van der Waals surface area contributed by atoms with Crippen LogP contribution >= 0.6 is 0 Å². The predicted octanol–water partition coefficient (Wildman–Crippen LogP) is 3.11. The fraction of sp³-hybridized carbons (Fsp3) is 0.294. The summed E-state index contributed by atoms with van der Waals surface area (Å²) in [7, 11) is 0. The number of rotatable bonds is 2. The molecule has 0 aliphatic heterocycles. The van der Waals surface area contributed by atoms with E-state index in [4.69, 9.17) is 5.26 Å². The van der Waals surface area contributed by atoms with Gasteiger partial charge >= 0.3 is 0 Å². The SMILES string of the molecule is N#Cc1cccc(C(O)C2CCCc3cccnc32)c1. The summed E-state index contributed by atoms with van der Waals surface area (Å²) in [6.07, 6.45) is 4.22. The van der Waals surface area contributed by atoms with Gasteiger partial charge in [-0.05, 0) is 48.6 Å². The highest BCUT2D eigenvalue weighted by Crippen LogP contribution is 2.39. The second-order valence-electron chi connectivity index (χ2n) is 5.23. The number of aliphatic hydroxyl groups excluding tert-OH is 1. The molecule has 3 nitrogen and oxygen atoms in total. The van der Waals surface area contributed by atoms with Crippen molar-refractivity contribution in [3.63, 3.8) is 0 Å². The Labute approximate surface area is 118 Å².